The first-order valence-electron chi connectivity index (χ1n) is 10.5. The molecule has 2 aromatic carbocycles. The molecule has 0 atom stereocenters. The minimum Gasteiger partial charge on any atom is -0.497 e. The number of hydrogen-bond acceptors (Lipinski definition) is 8. The van der Waals surface area contributed by atoms with Crippen LogP contribution in [0.15, 0.2) is 48.5 Å². The van der Waals surface area contributed by atoms with E-state index >= 15 is 0 Å². The Kier molecular flexibility index (Phi) is 7.92. The van der Waals surface area contributed by atoms with E-state index in [0.717, 1.165) is 0 Å². The number of amides is 2. The molecule has 1 aromatic heterocycles. The van der Waals surface area contributed by atoms with Crippen LogP contribution in [0.3, 0.4) is 0 Å². The summed E-state index contributed by atoms with van der Waals surface area (Å²) in [7, 11) is 9.21. The monoisotopic (exact) mass is 483 g/mol. The Morgan fingerprint density at radius 1 is 0.657 bits per heavy atom. The zero-order valence-electron chi connectivity index (χ0n) is 20.5. The van der Waals surface area contributed by atoms with E-state index in [-0.39, 0.29) is 11.8 Å². The van der Waals surface area contributed by atoms with Crippen LogP contribution >= 0.6 is 0 Å². The molecular formula is C24H29N5O6. The zero-order chi connectivity index (χ0) is 25.5. The predicted molar refractivity (Wildman–Crippen MR) is 131 cm³/mol. The fourth-order valence-electron chi connectivity index (χ4n) is 3.31. The molecule has 3 rings (SSSR count). The summed E-state index contributed by atoms with van der Waals surface area (Å²) < 4.78 is 21.0. The van der Waals surface area contributed by atoms with Crippen LogP contribution in [0.25, 0.3) is 0 Å². The maximum absolute atomic E-state index is 13.0. The molecule has 11 heteroatoms. The lowest BCUT2D eigenvalue weighted by atomic mass is 10.1. The van der Waals surface area contributed by atoms with Gasteiger partial charge >= 0.3 is 0 Å². The summed E-state index contributed by atoms with van der Waals surface area (Å²) in [5.41, 5.74) is 6.61. The van der Waals surface area contributed by atoms with E-state index in [9.17, 15) is 9.59 Å². The number of hydrogen-bond donors (Lipinski definition) is 3. The number of carbonyl (C=O) groups is 2. The Bertz CT molecular complexity index is 1100. The van der Waals surface area contributed by atoms with Gasteiger partial charge in [0.15, 0.2) is 0 Å². The molecule has 0 unspecified atom stereocenters. The van der Waals surface area contributed by atoms with E-state index in [1.165, 1.54) is 38.5 Å². The van der Waals surface area contributed by atoms with E-state index < -0.39 is 0 Å². The number of carbonyl (C=O) groups excluding carboxylic acids is 2. The van der Waals surface area contributed by atoms with E-state index in [0.29, 0.717) is 45.8 Å². The minimum absolute atomic E-state index is 0.331. The molecule has 0 aliphatic carbocycles. The number of H-pyrrole nitrogens is 1. The van der Waals surface area contributed by atoms with Crippen LogP contribution in [-0.2, 0) is 0 Å². The molecule has 1 heterocycles. The molecule has 0 aliphatic heterocycles. The van der Waals surface area contributed by atoms with Crippen molar-refractivity contribution in [1.82, 2.24) is 15.0 Å². The topological polar surface area (TPSA) is 117 Å². The van der Waals surface area contributed by atoms with Crippen LogP contribution in [0.5, 0.6) is 23.0 Å². The SMILES string of the molecule is COc1ccc(OC)c(C(=O)N(C)Nc2ccc(NN(C)C(=O)c3cc(OC)ccc3OC)[nH]2)c1. The summed E-state index contributed by atoms with van der Waals surface area (Å²) in [5, 5.41) is 2.62. The van der Waals surface area contributed by atoms with Crippen molar-refractivity contribution in [1.29, 1.82) is 0 Å². The number of rotatable bonds is 10. The normalized spacial score (nSPS) is 10.2. The molecule has 2 amide bonds. The van der Waals surface area contributed by atoms with E-state index in [1.54, 1.807) is 62.6 Å². The number of anilines is 2. The largest absolute Gasteiger partial charge is 0.497 e. The van der Waals surface area contributed by atoms with Gasteiger partial charge in [-0.1, -0.05) is 0 Å². The lowest BCUT2D eigenvalue weighted by Crippen LogP contribution is -2.33. The summed E-state index contributed by atoms with van der Waals surface area (Å²) in [6.45, 7) is 0. The van der Waals surface area contributed by atoms with Crippen molar-refractivity contribution in [2.24, 2.45) is 0 Å². The summed E-state index contributed by atoms with van der Waals surface area (Å²) in [4.78, 5) is 29.0. The predicted octanol–water partition coefficient (Wildman–Crippen LogP) is 3.25. The van der Waals surface area contributed by atoms with Gasteiger partial charge < -0.3 is 23.9 Å². The molecule has 186 valence electrons. The van der Waals surface area contributed by atoms with Crippen LogP contribution in [-0.4, -0.2) is 69.4 Å². The third kappa shape index (κ3) is 5.69. The number of nitrogens with one attached hydrogen (secondary N) is 3. The van der Waals surface area contributed by atoms with Crippen molar-refractivity contribution in [3.63, 3.8) is 0 Å². The molecule has 3 N–H and O–H groups in total. The molecule has 11 nitrogen and oxygen atoms in total. The van der Waals surface area contributed by atoms with Gasteiger partial charge in [0.25, 0.3) is 11.8 Å². The van der Waals surface area contributed by atoms with Crippen molar-refractivity contribution in [2.75, 3.05) is 53.4 Å². The van der Waals surface area contributed by atoms with Gasteiger partial charge in [0, 0.05) is 14.1 Å². The zero-order valence-corrected chi connectivity index (χ0v) is 20.5. The molecule has 0 aliphatic rings. The quantitative estimate of drug-likeness (QED) is 0.376. The third-order valence-corrected chi connectivity index (χ3v) is 5.15. The smallest absolute Gasteiger partial charge is 0.275 e. The standard InChI is InChI=1S/C24H29N5O6/c1-28(23(30)17-13-15(32-3)7-9-19(17)34-5)26-21-11-12-22(25-21)27-29(2)24(31)18-14-16(33-4)8-10-20(18)35-6/h7-14,25-27H,1-6H3. The highest BCUT2D eigenvalue weighted by Gasteiger charge is 2.20. The molecular weight excluding hydrogens is 454 g/mol. The second-order valence-corrected chi connectivity index (χ2v) is 7.37. The van der Waals surface area contributed by atoms with Crippen molar-refractivity contribution < 1.29 is 28.5 Å². The van der Waals surface area contributed by atoms with Crippen molar-refractivity contribution in [3.8, 4) is 23.0 Å². The van der Waals surface area contributed by atoms with Gasteiger partial charge in [-0.25, -0.2) is 0 Å². The van der Waals surface area contributed by atoms with Crippen molar-refractivity contribution >= 4 is 23.5 Å². The molecule has 0 radical (unpaired) electrons. The highest BCUT2D eigenvalue weighted by molar-refractivity contribution is 5.98. The molecule has 0 bridgehead atoms. The van der Waals surface area contributed by atoms with Gasteiger partial charge in [0.2, 0.25) is 0 Å². The Balaban J connectivity index is 1.69. The van der Waals surface area contributed by atoms with E-state index in [4.69, 9.17) is 18.9 Å². The number of methoxy groups -OCH3 is 4. The van der Waals surface area contributed by atoms with Gasteiger partial charge in [-0.15, -0.1) is 0 Å². The molecule has 0 saturated carbocycles. The van der Waals surface area contributed by atoms with Gasteiger partial charge in [0.1, 0.15) is 34.6 Å². The van der Waals surface area contributed by atoms with Crippen molar-refractivity contribution in [3.05, 3.63) is 59.7 Å². The Hall–Kier alpha value is -4.54. The van der Waals surface area contributed by atoms with Crippen LogP contribution < -0.4 is 29.8 Å². The number of ether oxygens (including phenoxy) is 4. The summed E-state index contributed by atoms with van der Waals surface area (Å²) >= 11 is 0. The number of nitrogens with zero attached hydrogens (tertiary/aromatic N) is 2. The average molecular weight is 484 g/mol. The van der Waals surface area contributed by atoms with Gasteiger partial charge in [-0.05, 0) is 48.5 Å². The lowest BCUT2D eigenvalue weighted by molar-refractivity contribution is 0.0815. The number of aromatic nitrogens is 1. The van der Waals surface area contributed by atoms with Crippen LogP contribution in [0.4, 0.5) is 11.6 Å². The number of benzene rings is 2. The summed E-state index contributed by atoms with van der Waals surface area (Å²) in [6, 6.07) is 13.4. The Morgan fingerprint density at radius 3 is 1.40 bits per heavy atom. The van der Waals surface area contributed by atoms with E-state index in [2.05, 4.69) is 15.8 Å². The molecule has 35 heavy (non-hydrogen) atoms. The Morgan fingerprint density at radius 2 is 1.06 bits per heavy atom. The van der Waals surface area contributed by atoms with Gasteiger partial charge in [-0.3, -0.25) is 30.5 Å². The van der Waals surface area contributed by atoms with Crippen molar-refractivity contribution in [2.45, 2.75) is 0 Å². The minimum atomic E-state index is -0.331. The third-order valence-electron chi connectivity index (χ3n) is 5.15. The highest BCUT2D eigenvalue weighted by atomic mass is 16.5. The van der Waals surface area contributed by atoms with Gasteiger partial charge in [-0.2, -0.15) is 0 Å². The van der Waals surface area contributed by atoms with E-state index in [1.807, 2.05) is 0 Å². The maximum Gasteiger partial charge on any atom is 0.275 e. The molecule has 3 aromatic rings. The first kappa shape index (κ1) is 25.1. The summed E-state index contributed by atoms with van der Waals surface area (Å²) in [6.07, 6.45) is 0. The summed E-state index contributed by atoms with van der Waals surface area (Å²) in [5.74, 6) is 2.29. The fourth-order valence-corrected chi connectivity index (χ4v) is 3.31. The fraction of sp³-hybridized carbons (Fsp3) is 0.250. The maximum atomic E-state index is 13.0. The first-order chi connectivity index (χ1) is 16.8. The number of aromatic amines is 1. The van der Waals surface area contributed by atoms with Crippen LogP contribution in [0, 0.1) is 0 Å². The molecule has 0 spiro atoms. The average Bonchev–Trinajstić information content (AvgIpc) is 3.32. The number of hydrazine groups is 2. The molecule has 0 saturated heterocycles. The first-order valence-corrected chi connectivity index (χ1v) is 10.5. The van der Waals surface area contributed by atoms with Crippen LogP contribution in [0.1, 0.15) is 20.7 Å². The molecule has 0 fully saturated rings. The Labute approximate surface area is 203 Å². The van der Waals surface area contributed by atoms with Gasteiger partial charge in [0.05, 0.1) is 39.6 Å². The second-order valence-electron chi connectivity index (χ2n) is 7.37. The lowest BCUT2D eigenvalue weighted by Gasteiger charge is -2.21. The van der Waals surface area contributed by atoms with Crippen LogP contribution in [0.2, 0.25) is 0 Å². The highest BCUT2D eigenvalue weighted by Crippen LogP contribution is 2.27. The second kappa shape index (κ2) is 11.1.